The minimum absolute atomic E-state index is 0.0414. The molecule has 0 spiro atoms. The van der Waals surface area contributed by atoms with Crippen molar-refractivity contribution in [3.05, 3.63) is 45.9 Å². The molecule has 1 aromatic heterocycles. The largest absolute Gasteiger partial charge is 0.496 e. The van der Waals surface area contributed by atoms with E-state index in [9.17, 15) is 23.5 Å². The number of rotatable bonds is 7. The van der Waals surface area contributed by atoms with Crippen molar-refractivity contribution in [2.45, 2.75) is 77.3 Å². The predicted octanol–water partition coefficient (Wildman–Crippen LogP) is 6.18. The fraction of sp³-hybridized carbons (Fsp3) is 0.577. The molecular weight excluding hydrogens is 474 g/mol. The van der Waals surface area contributed by atoms with Gasteiger partial charge in [-0.15, -0.1) is 11.3 Å². The first-order chi connectivity index (χ1) is 16.1. The highest BCUT2D eigenvalue weighted by atomic mass is 32.1. The Hall–Kier alpha value is -2.55. The van der Waals surface area contributed by atoms with Gasteiger partial charge in [0, 0.05) is 17.1 Å². The predicted molar refractivity (Wildman–Crippen MR) is 131 cm³/mol. The fourth-order valence-corrected chi connectivity index (χ4v) is 5.97. The third-order valence-electron chi connectivity index (χ3n) is 6.65. The van der Waals surface area contributed by atoms with Crippen LogP contribution in [0.1, 0.15) is 81.4 Å². The van der Waals surface area contributed by atoms with E-state index in [1.165, 1.54) is 18.2 Å². The summed E-state index contributed by atoms with van der Waals surface area (Å²) in [4.78, 5) is 32.3. The van der Waals surface area contributed by atoms with Crippen LogP contribution >= 0.6 is 11.3 Å². The molecular formula is C26H34F2N2O4S. The summed E-state index contributed by atoms with van der Waals surface area (Å²) >= 11 is 1.15. The number of carboxylic acid groups (broad SMARTS) is 1. The summed E-state index contributed by atoms with van der Waals surface area (Å²) in [5.74, 6) is -6.21. The number of ether oxygens (including phenoxy) is 1. The van der Waals surface area contributed by atoms with E-state index in [1.807, 2.05) is 34.6 Å². The van der Waals surface area contributed by atoms with Crippen LogP contribution in [0.15, 0.2) is 29.8 Å². The van der Waals surface area contributed by atoms with E-state index >= 15 is 0 Å². The Morgan fingerprint density at radius 1 is 1.29 bits per heavy atom. The zero-order chi connectivity index (χ0) is 26.3. The Morgan fingerprint density at radius 2 is 1.94 bits per heavy atom. The second-order valence-corrected chi connectivity index (χ2v) is 11.8. The number of carbonyl (C=O) groups excluding carboxylic acids is 1. The number of methoxy groups -OCH3 is 1. The first-order valence-corrected chi connectivity index (χ1v) is 12.5. The SMILES string of the molecule is COc1cc(C(=O)N2[C@@H](c3nccs3)[C@H](C(C)(F)F)C[C@@]2(CC(C)C)C(=O)O)ccc1C(C)(C)C. The maximum Gasteiger partial charge on any atom is 0.329 e. The van der Waals surface area contributed by atoms with Gasteiger partial charge in [-0.1, -0.05) is 40.7 Å². The van der Waals surface area contributed by atoms with Crippen LogP contribution in [0.2, 0.25) is 0 Å². The molecule has 2 heterocycles. The molecule has 35 heavy (non-hydrogen) atoms. The number of amides is 1. The van der Waals surface area contributed by atoms with Gasteiger partial charge < -0.3 is 14.7 Å². The van der Waals surface area contributed by atoms with Gasteiger partial charge in [0.15, 0.2) is 0 Å². The number of hydrogen-bond acceptors (Lipinski definition) is 5. The molecule has 0 aliphatic carbocycles. The number of alkyl halides is 2. The second kappa shape index (κ2) is 9.48. The van der Waals surface area contributed by atoms with Crippen LogP contribution < -0.4 is 4.74 Å². The number of hydrogen-bond donors (Lipinski definition) is 1. The number of aliphatic carboxylic acids is 1. The molecule has 3 rings (SSSR count). The quantitative estimate of drug-likeness (QED) is 0.483. The van der Waals surface area contributed by atoms with Gasteiger partial charge in [0.1, 0.15) is 16.3 Å². The molecule has 1 saturated heterocycles. The number of aromatic nitrogens is 1. The van der Waals surface area contributed by atoms with E-state index in [-0.39, 0.29) is 29.7 Å². The zero-order valence-corrected chi connectivity index (χ0v) is 22.1. The monoisotopic (exact) mass is 508 g/mol. The van der Waals surface area contributed by atoms with Gasteiger partial charge in [0.05, 0.1) is 19.1 Å². The maximum absolute atomic E-state index is 15.0. The lowest BCUT2D eigenvalue weighted by Crippen LogP contribution is -2.54. The minimum atomic E-state index is -3.23. The highest BCUT2D eigenvalue weighted by Crippen LogP contribution is 2.55. The van der Waals surface area contributed by atoms with Gasteiger partial charge in [-0.2, -0.15) is 0 Å². The van der Waals surface area contributed by atoms with E-state index in [0.717, 1.165) is 23.8 Å². The average Bonchev–Trinajstić information content (AvgIpc) is 3.38. The lowest BCUT2D eigenvalue weighted by molar-refractivity contribution is -0.150. The van der Waals surface area contributed by atoms with Crippen molar-refractivity contribution in [3.63, 3.8) is 0 Å². The number of likely N-dealkylation sites (tertiary alicyclic amines) is 1. The Kier molecular flexibility index (Phi) is 7.33. The highest BCUT2D eigenvalue weighted by Gasteiger charge is 2.64. The van der Waals surface area contributed by atoms with Crippen molar-refractivity contribution >= 4 is 23.2 Å². The summed E-state index contributed by atoms with van der Waals surface area (Å²) in [5, 5.41) is 12.4. The van der Waals surface area contributed by atoms with E-state index in [4.69, 9.17) is 4.74 Å². The first-order valence-electron chi connectivity index (χ1n) is 11.7. The average molecular weight is 509 g/mol. The van der Waals surface area contributed by atoms with Gasteiger partial charge in [0.2, 0.25) is 0 Å². The summed E-state index contributed by atoms with van der Waals surface area (Å²) in [7, 11) is 1.50. The fourth-order valence-electron chi connectivity index (χ4n) is 5.18. The Morgan fingerprint density at radius 3 is 2.40 bits per heavy atom. The van der Waals surface area contributed by atoms with E-state index in [0.29, 0.717) is 10.8 Å². The van der Waals surface area contributed by atoms with Gasteiger partial charge in [-0.3, -0.25) is 4.79 Å². The van der Waals surface area contributed by atoms with Crippen LogP contribution in [0.5, 0.6) is 5.75 Å². The van der Waals surface area contributed by atoms with Crippen molar-refractivity contribution < 1.29 is 28.2 Å². The molecule has 192 valence electrons. The molecule has 1 aliphatic rings. The molecule has 1 aromatic carbocycles. The van der Waals surface area contributed by atoms with Gasteiger partial charge in [-0.05, 0) is 48.8 Å². The van der Waals surface area contributed by atoms with Gasteiger partial charge in [-0.25, -0.2) is 18.6 Å². The third-order valence-corrected chi connectivity index (χ3v) is 7.50. The molecule has 3 atom stereocenters. The number of nitrogens with zero attached hydrogens (tertiary/aromatic N) is 2. The number of carbonyl (C=O) groups is 2. The lowest BCUT2D eigenvalue weighted by Gasteiger charge is -2.39. The molecule has 0 saturated carbocycles. The standard InChI is InChI=1S/C26H34F2N2O4S/c1-15(2)13-26(23(32)33)14-18(25(6,27)28)20(21-29-10-11-35-21)30(26)22(31)16-8-9-17(24(3,4)5)19(12-16)34-7/h8-12,15,18,20H,13-14H2,1-7H3,(H,32,33)/t18-,20-,26+/m1/s1. The van der Waals surface area contributed by atoms with Crippen molar-refractivity contribution in [2.24, 2.45) is 11.8 Å². The molecule has 1 fully saturated rings. The molecule has 1 aliphatic heterocycles. The lowest BCUT2D eigenvalue weighted by atomic mass is 9.82. The van der Waals surface area contributed by atoms with Crippen LogP contribution in [0.3, 0.4) is 0 Å². The second-order valence-electron chi connectivity index (χ2n) is 10.9. The Balaban J connectivity index is 2.25. The molecule has 0 bridgehead atoms. The van der Waals surface area contributed by atoms with Crippen LogP contribution in [0.4, 0.5) is 8.78 Å². The number of thiazole rings is 1. The van der Waals surface area contributed by atoms with Crippen molar-refractivity contribution in [2.75, 3.05) is 7.11 Å². The molecule has 0 radical (unpaired) electrons. The van der Waals surface area contributed by atoms with E-state index in [2.05, 4.69) is 4.98 Å². The highest BCUT2D eigenvalue weighted by molar-refractivity contribution is 7.09. The molecule has 1 amide bonds. The van der Waals surface area contributed by atoms with E-state index < -0.39 is 35.3 Å². The maximum atomic E-state index is 15.0. The zero-order valence-electron chi connectivity index (χ0n) is 21.3. The summed E-state index contributed by atoms with van der Waals surface area (Å²) in [5.41, 5.74) is -1.01. The normalized spacial score (nSPS) is 23.1. The number of benzene rings is 1. The number of carboxylic acids is 1. The van der Waals surface area contributed by atoms with Crippen LogP contribution in [-0.4, -0.2) is 45.4 Å². The number of halogens is 2. The first kappa shape index (κ1) is 27.0. The Bertz CT molecular complexity index is 1080. The summed E-state index contributed by atoms with van der Waals surface area (Å²) < 4.78 is 35.5. The summed E-state index contributed by atoms with van der Waals surface area (Å²) in [6, 6.07) is 3.79. The van der Waals surface area contributed by atoms with E-state index in [1.54, 1.807) is 23.6 Å². The molecule has 9 heteroatoms. The minimum Gasteiger partial charge on any atom is -0.496 e. The summed E-state index contributed by atoms with van der Waals surface area (Å²) in [6.45, 7) is 10.5. The molecule has 1 N–H and O–H groups in total. The third kappa shape index (κ3) is 5.06. The van der Waals surface area contributed by atoms with Crippen LogP contribution in [-0.2, 0) is 10.2 Å². The molecule has 2 aromatic rings. The van der Waals surface area contributed by atoms with Gasteiger partial charge >= 0.3 is 5.97 Å². The smallest absolute Gasteiger partial charge is 0.329 e. The Labute approximate surface area is 209 Å². The van der Waals surface area contributed by atoms with Crippen molar-refractivity contribution in [3.8, 4) is 5.75 Å². The van der Waals surface area contributed by atoms with Crippen molar-refractivity contribution in [1.82, 2.24) is 9.88 Å². The van der Waals surface area contributed by atoms with Crippen molar-refractivity contribution in [1.29, 1.82) is 0 Å². The van der Waals surface area contributed by atoms with Crippen LogP contribution in [0, 0.1) is 11.8 Å². The molecule has 0 unspecified atom stereocenters. The summed E-state index contributed by atoms with van der Waals surface area (Å²) in [6.07, 6.45) is 1.16. The molecule has 6 nitrogen and oxygen atoms in total. The van der Waals surface area contributed by atoms with Crippen LogP contribution in [0.25, 0.3) is 0 Å². The topological polar surface area (TPSA) is 79.7 Å². The van der Waals surface area contributed by atoms with Gasteiger partial charge in [0.25, 0.3) is 11.8 Å².